The summed E-state index contributed by atoms with van der Waals surface area (Å²) in [7, 11) is 0. The number of nitrogens with two attached hydrogens (primary N) is 1. The Bertz CT molecular complexity index is 518. The molecule has 2 N–H and O–H groups in total. The molecule has 2 aromatic rings. The number of nitrogens with zero attached hydrogens (tertiary/aromatic N) is 2. The van der Waals surface area contributed by atoms with Crippen LogP contribution in [0.3, 0.4) is 0 Å². The molecule has 0 atom stereocenters. The van der Waals surface area contributed by atoms with E-state index >= 15 is 0 Å². The highest BCUT2D eigenvalue weighted by Crippen LogP contribution is 2.41. The van der Waals surface area contributed by atoms with E-state index in [1.54, 1.807) is 0 Å². The SMILES string of the molecule is NCCCN1CCC(c2ccccc2)(c2cccnc2)CC1. The van der Waals surface area contributed by atoms with Crippen LogP contribution in [0.5, 0.6) is 0 Å². The molecule has 3 rings (SSSR count). The maximum absolute atomic E-state index is 5.65. The Morgan fingerprint density at radius 3 is 2.36 bits per heavy atom. The average molecular weight is 295 g/mol. The first-order valence-electron chi connectivity index (χ1n) is 8.24. The van der Waals surface area contributed by atoms with Gasteiger partial charge in [0.1, 0.15) is 0 Å². The number of pyridine rings is 1. The van der Waals surface area contributed by atoms with E-state index in [1.807, 2.05) is 12.4 Å². The number of benzene rings is 1. The summed E-state index contributed by atoms with van der Waals surface area (Å²) in [6.07, 6.45) is 7.28. The zero-order valence-electron chi connectivity index (χ0n) is 13.1. The van der Waals surface area contributed by atoms with Gasteiger partial charge in [0.15, 0.2) is 0 Å². The summed E-state index contributed by atoms with van der Waals surface area (Å²) in [5.74, 6) is 0. The van der Waals surface area contributed by atoms with Crippen LogP contribution >= 0.6 is 0 Å². The second kappa shape index (κ2) is 7.03. The van der Waals surface area contributed by atoms with Crippen molar-refractivity contribution in [1.82, 2.24) is 9.88 Å². The molecule has 1 aromatic carbocycles. The summed E-state index contributed by atoms with van der Waals surface area (Å²) in [5, 5.41) is 0. The first-order chi connectivity index (χ1) is 10.8. The molecule has 1 saturated heterocycles. The second-order valence-corrected chi connectivity index (χ2v) is 6.17. The van der Waals surface area contributed by atoms with Gasteiger partial charge >= 0.3 is 0 Å². The fraction of sp³-hybridized carbons (Fsp3) is 0.421. The normalized spacial score (nSPS) is 18.2. The Morgan fingerprint density at radius 2 is 1.73 bits per heavy atom. The van der Waals surface area contributed by atoms with Gasteiger partial charge in [-0.25, -0.2) is 0 Å². The van der Waals surface area contributed by atoms with Gasteiger partial charge in [-0.2, -0.15) is 0 Å². The lowest BCUT2D eigenvalue weighted by Gasteiger charge is -2.42. The zero-order chi connectivity index (χ0) is 15.3. The third kappa shape index (κ3) is 3.06. The highest BCUT2D eigenvalue weighted by molar-refractivity contribution is 5.38. The molecule has 0 aliphatic carbocycles. The fourth-order valence-electron chi connectivity index (χ4n) is 3.62. The number of hydrogen-bond acceptors (Lipinski definition) is 3. The lowest BCUT2D eigenvalue weighted by atomic mass is 9.68. The molecular weight excluding hydrogens is 270 g/mol. The highest BCUT2D eigenvalue weighted by atomic mass is 15.1. The molecule has 0 amide bonds. The molecule has 3 heteroatoms. The predicted molar refractivity (Wildman–Crippen MR) is 90.8 cm³/mol. The van der Waals surface area contributed by atoms with Gasteiger partial charge in [0.2, 0.25) is 0 Å². The number of aromatic nitrogens is 1. The molecule has 1 aromatic heterocycles. The van der Waals surface area contributed by atoms with Crippen LogP contribution in [0.2, 0.25) is 0 Å². The van der Waals surface area contributed by atoms with E-state index in [2.05, 4.69) is 52.3 Å². The molecule has 0 unspecified atom stereocenters. The van der Waals surface area contributed by atoms with Crippen molar-refractivity contribution in [3.63, 3.8) is 0 Å². The summed E-state index contributed by atoms with van der Waals surface area (Å²) in [6, 6.07) is 15.2. The van der Waals surface area contributed by atoms with E-state index in [0.717, 1.165) is 45.4 Å². The van der Waals surface area contributed by atoms with Gasteiger partial charge in [-0.1, -0.05) is 36.4 Å². The Balaban J connectivity index is 1.87. The van der Waals surface area contributed by atoms with E-state index in [0.29, 0.717) is 0 Å². The van der Waals surface area contributed by atoms with E-state index in [4.69, 9.17) is 5.73 Å². The van der Waals surface area contributed by atoms with Crippen LogP contribution in [0.4, 0.5) is 0 Å². The van der Waals surface area contributed by atoms with Gasteiger partial charge in [0.25, 0.3) is 0 Å². The minimum Gasteiger partial charge on any atom is -0.330 e. The van der Waals surface area contributed by atoms with Gasteiger partial charge < -0.3 is 10.6 Å². The van der Waals surface area contributed by atoms with Crippen LogP contribution in [0, 0.1) is 0 Å². The van der Waals surface area contributed by atoms with E-state index in [-0.39, 0.29) is 5.41 Å². The lowest BCUT2D eigenvalue weighted by Crippen LogP contribution is -2.44. The minimum atomic E-state index is 0.106. The third-order valence-corrected chi connectivity index (χ3v) is 4.93. The van der Waals surface area contributed by atoms with Crippen LogP contribution in [0.1, 0.15) is 30.4 Å². The van der Waals surface area contributed by atoms with Gasteiger partial charge in [-0.15, -0.1) is 0 Å². The molecule has 0 spiro atoms. The summed E-state index contributed by atoms with van der Waals surface area (Å²) < 4.78 is 0. The van der Waals surface area contributed by atoms with Crippen molar-refractivity contribution >= 4 is 0 Å². The fourth-order valence-corrected chi connectivity index (χ4v) is 3.62. The summed E-state index contributed by atoms with van der Waals surface area (Å²) in [5.41, 5.74) is 8.52. The van der Waals surface area contributed by atoms with Gasteiger partial charge in [-0.05, 0) is 62.6 Å². The summed E-state index contributed by atoms with van der Waals surface area (Å²) >= 11 is 0. The molecule has 0 bridgehead atoms. The number of piperidine rings is 1. The Morgan fingerprint density at radius 1 is 1.00 bits per heavy atom. The molecule has 116 valence electrons. The second-order valence-electron chi connectivity index (χ2n) is 6.17. The average Bonchev–Trinajstić information content (AvgIpc) is 2.62. The standard InChI is InChI=1S/C19H25N3/c20-11-5-13-22-14-9-19(10-15-22,17-6-2-1-3-7-17)18-8-4-12-21-16-18/h1-4,6-8,12,16H,5,9-11,13-15,20H2. The molecule has 3 nitrogen and oxygen atoms in total. The summed E-state index contributed by atoms with van der Waals surface area (Å²) in [4.78, 5) is 6.91. The quantitative estimate of drug-likeness (QED) is 0.922. The third-order valence-electron chi connectivity index (χ3n) is 4.93. The van der Waals surface area contributed by atoms with Gasteiger partial charge in [0, 0.05) is 17.8 Å². The Kier molecular flexibility index (Phi) is 4.86. The monoisotopic (exact) mass is 295 g/mol. The van der Waals surface area contributed by atoms with Crippen LogP contribution in [0.25, 0.3) is 0 Å². The van der Waals surface area contributed by atoms with Crippen LogP contribution < -0.4 is 5.73 Å². The predicted octanol–water partition coefficient (Wildman–Crippen LogP) is 2.81. The molecule has 0 saturated carbocycles. The Labute approximate surface area is 133 Å². The van der Waals surface area contributed by atoms with Crippen molar-refractivity contribution in [1.29, 1.82) is 0 Å². The number of rotatable bonds is 5. The topological polar surface area (TPSA) is 42.1 Å². The van der Waals surface area contributed by atoms with Crippen LogP contribution in [-0.2, 0) is 5.41 Å². The van der Waals surface area contributed by atoms with Crippen molar-refractivity contribution in [3.05, 3.63) is 66.0 Å². The van der Waals surface area contributed by atoms with Crippen molar-refractivity contribution in [2.45, 2.75) is 24.7 Å². The van der Waals surface area contributed by atoms with Crippen molar-refractivity contribution in [3.8, 4) is 0 Å². The van der Waals surface area contributed by atoms with E-state index in [1.165, 1.54) is 11.1 Å². The molecule has 2 heterocycles. The molecule has 1 fully saturated rings. The Hall–Kier alpha value is -1.71. The van der Waals surface area contributed by atoms with Crippen LogP contribution in [-0.4, -0.2) is 36.1 Å². The minimum absolute atomic E-state index is 0.106. The number of likely N-dealkylation sites (tertiary alicyclic amines) is 1. The van der Waals surface area contributed by atoms with E-state index in [9.17, 15) is 0 Å². The molecule has 22 heavy (non-hydrogen) atoms. The van der Waals surface area contributed by atoms with Crippen molar-refractivity contribution < 1.29 is 0 Å². The van der Waals surface area contributed by atoms with Gasteiger partial charge in [-0.3, -0.25) is 4.98 Å². The number of hydrogen-bond donors (Lipinski definition) is 1. The van der Waals surface area contributed by atoms with Gasteiger partial charge in [0.05, 0.1) is 0 Å². The largest absolute Gasteiger partial charge is 0.330 e. The molecule has 0 radical (unpaired) electrons. The molecule has 1 aliphatic heterocycles. The lowest BCUT2D eigenvalue weighted by molar-refractivity contribution is 0.178. The molecule has 1 aliphatic rings. The molecular formula is C19H25N3. The maximum atomic E-state index is 5.65. The zero-order valence-corrected chi connectivity index (χ0v) is 13.1. The smallest absolute Gasteiger partial charge is 0.0308 e. The first kappa shape index (κ1) is 15.2. The van der Waals surface area contributed by atoms with E-state index < -0.39 is 0 Å². The maximum Gasteiger partial charge on any atom is 0.0308 e. The summed E-state index contributed by atoms with van der Waals surface area (Å²) in [6.45, 7) is 4.16. The van der Waals surface area contributed by atoms with Crippen LogP contribution in [0.15, 0.2) is 54.9 Å². The van der Waals surface area contributed by atoms with Crippen molar-refractivity contribution in [2.24, 2.45) is 5.73 Å². The highest BCUT2D eigenvalue weighted by Gasteiger charge is 2.37. The first-order valence-corrected chi connectivity index (χ1v) is 8.24. The van der Waals surface area contributed by atoms with Crippen molar-refractivity contribution in [2.75, 3.05) is 26.2 Å².